The summed E-state index contributed by atoms with van der Waals surface area (Å²) in [5.74, 6) is 0.743. The average molecular weight is 254 g/mol. The van der Waals surface area contributed by atoms with E-state index in [9.17, 15) is 4.79 Å². The zero-order valence-electron chi connectivity index (χ0n) is 10.8. The topological polar surface area (TPSA) is 82.8 Å². The van der Waals surface area contributed by atoms with Crippen LogP contribution >= 0.6 is 0 Å². The monoisotopic (exact) mass is 254 g/mol. The molecule has 0 aromatic heterocycles. The van der Waals surface area contributed by atoms with Crippen LogP contribution in [0, 0.1) is 0 Å². The quantitative estimate of drug-likeness (QED) is 0.747. The van der Waals surface area contributed by atoms with Gasteiger partial charge < -0.3 is 25.3 Å². The lowest BCUT2D eigenvalue weighted by molar-refractivity contribution is -0.120. The van der Waals surface area contributed by atoms with Gasteiger partial charge in [-0.05, 0) is 6.92 Å². The average Bonchev–Trinajstić information content (AvgIpc) is 2.38. The number of methoxy groups -OCH3 is 2. The van der Waals surface area contributed by atoms with Gasteiger partial charge in [-0.15, -0.1) is 0 Å². The fraction of sp³-hybridized carbons (Fsp3) is 0.417. The Morgan fingerprint density at radius 1 is 1.28 bits per heavy atom. The van der Waals surface area contributed by atoms with Crippen molar-refractivity contribution in [1.82, 2.24) is 0 Å². The molecule has 0 radical (unpaired) electrons. The SMILES string of the molecule is CCOCC(=O)Nc1cc(OC)c(OC)cc1N. The van der Waals surface area contributed by atoms with Gasteiger partial charge in [-0.2, -0.15) is 0 Å². The molecule has 1 aromatic carbocycles. The van der Waals surface area contributed by atoms with E-state index < -0.39 is 0 Å². The van der Waals surface area contributed by atoms with E-state index in [-0.39, 0.29) is 12.5 Å². The van der Waals surface area contributed by atoms with Crippen LogP contribution in [-0.4, -0.2) is 33.3 Å². The number of nitrogens with one attached hydrogen (secondary N) is 1. The maximum absolute atomic E-state index is 11.5. The van der Waals surface area contributed by atoms with Crippen LogP contribution in [0.2, 0.25) is 0 Å². The highest BCUT2D eigenvalue weighted by molar-refractivity contribution is 5.95. The number of hydrogen-bond donors (Lipinski definition) is 2. The first-order valence-electron chi connectivity index (χ1n) is 5.51. The fourth-order valence-corrected chi connectivity index (χ4v) is 1.38. The standard InChI is InChI=1S/C12H18N2O4/c1-4-18-7-12(15)14-9-6-11(17-3)10(16-2)5-8(9)13/h5-6H,4,7,13H2,1-3H3,(H,14,15). The van der Waals surface area contributed by atoms with Crippen molar-refractivity contribution in [2.24, 2.45) is 0 Å². The molecule has 1 aromatic rings. The molecule has 0 aliphatic carbocycles. The summed E-state index contributed by atoms with van der Waals surface area (Å²) in [5.41, 5.74) is 6.68. The van der Waals surface area contributed by atoms with Gasteiger partial charge in [-0.3, -0.25) is 4.79 Å². The van der Waals surface area contributed by atoms with E-state index in [0.29, 0.717) is 29.5 Å². The summed E-state index contributed by atoms with van der Waals surface area (Å²) in [6.07, 6.45) is 0. The second-order valence-corrected chi connectivity index (χ2v) is 3.48. The number of hydrogen-bond acceptors (Lipinski definition) is 5. The van der Waals surface area contributed by atoms with Gasteiger partial charge in [-0.25, -0.2) is 0 Å². The van der Waals surface area contributed by atoms with Crippen molar-refractivity contribution in [3.8, 4) is 11.5 Å². The lowest BCUT2D eigenvalue weighted by Crippen LogP contribution is -2.19. The Morgan fingerprint density at radius 2 is 1.89 bits per heavy atom. The van der Waals surface area contributed by atoms with Gasteiger partial charge >= 0.3 is 0 Å². The number of nitrogens with two attached hydrogens (primary N) is 1. The van der Waals surface area contributed by atoms with Gasteiger partial charge in [-0.1, -0.05) is 0 Å². The number of anilines is 2. The van der Waals surface area contributed by atoms with Gasteiger partial charge in [0, 0.05) is 18.7 Å². The number of benzene rings is 1. The van der Waals surface area contributed by atoms with Gasteiger partial charge in [0.2, 0.25) is 5.91 Å². The molecular formula is C12H18N2O4. The number of carbonyl (C=O) groups excluding carboxylic acids is 1. The van der Waals surface area contributed by atoms with E-state index in [1.54, 1.807) is 12.1 Å². The third kappa shape index (κ3) is 3.53. The summed E-state index contributed by atoms with van der Waals surface area (Å²) in [6, 6.07) is 3.20. The van der Waals surface area contributed by atoms with Crippen LogP contribution in [0.15, 0.2) is 12.1 Å². The fourth-order valence-electron chi connectivity index (χ4n) is 1.38. The molecule has 0 unspecified atom stereocenters. The zero-order valence-corrected chi connectivity index (χ0v) is 10.8. The number of nitrogen functional groups attached to an aromatic ring is 1. The third-order valence-electron chi connectivity index (χ3n) is 2.27. The van der Waals surface area contributed by atoms with Crippen LogP contribution in [-0.2, 0) is 9.53 Å². The largest absolute Gasteiger partial charge is 0.493 e. The summed E-state index contributed by atoms with van der Waals surface area (Å²) in [5, 5.41) is 2.65. The van der Waals surface area contributed by atoms with Crippen LogP contribution in [0.1, 0.15) is 6.92 Å². The molecular weight excluding hydrogens is 236 g/mol. The first kappa shape index (κ1) is 14.1. The predicted molar refractivity (Wildman–Crippen MR) is 69.1 cm³/mol. The normalized spacial score (nSPS) is 9.94. The molecule has 6 heteroatoms. The number of rotatable bonds is 6. The van der Waals surface area contributed by atoms with E-state index in [2.05, 4.69) is 5.32 Å². The van der Waals surface area contributed by atoms with Crippen LogP contribution in [0.3, 0.4) is 0 Å². The summed E-state index contributed by atoms with van der Waals surface area (Å²) in [7, 11) is 3.03. The molecule has 0 saturated heterocycles. The second kappa shape index (κ2) is 6.70. The molecule has 0 heterocycles. The highest BCUT2D eigenvalue weighted by Gasteiger charge is 2.11. The number of carbonyl (C=O) groups is 1. The summed E-state index contributed by atoms with van der Waals surface area (Å²) < 4.78 is 15.2. The van der Waals surface area contributed by atoms with Crippen molar-refractivity contribution in [3.63, 3.8) is 0 Å². The van der Waals surface area contributed by atoms with Crippen molar-refractivity contribution in [1.29, 1.82) is 0 Å². The van der Waals surface area contributed by atoms with Gasteiger partial charge in [0.1, 0.15) is 6.61 Å². The Morgan fingerprint density at radius 3 is 2.44 bits per heavy atom. The summed E-state index contributed by atoms with van der Waals surface area (Å²) >= 11 is 0. The van der Waals surface area contributed by atoms with Crippen LogP contribution in [0.4, 0.5) is 11.4 Å². The third-order valence-corrected chi connectivity index (χ3v) is 2.27. The molecule has 0 spiro atoms. The Kier molecular flexibility index (Phi) is 5.26. The minimum Gasteiger partial charge on any atom is -0.493 e. The molecule has 1 amide bonds. The van der Waals surface area contributed by atoms with Gasteiger partial charge in [0.15, 0.2) is 11.5 Å². The minimum atomic E-state index is -0.268. The van der Waals surface area contributed by atoms with Crippen LogP contribution < -0.4 is 20.5 Å². The van der Waals surface area contributed by atoms with Crippen molar-refractivity contribution in [2.75, 3.05) is 38.5 Å². The Bertz CT molecular complexity index is 421. The molecule has 0 fully saturated rings. The molecule has 0 bridgehead atoms. The minimum absolute atomic E-state index is 0.00964. The van der Waals surface area contributed by atoms with E-state index in [1.807, 2.05) is 6.92 Å². The van der Waals surface area contributed by atoms with Crippen molar-refractivity contribution < 1.29 is 19.0 Å². The van der Waals surface area contributed by atoms with E-state index in [4.69, 9.17) is 19.9 Å². The lowest BCUT2D eigenvalue weighted by atomic mass is 10.2. The lowest BCUT2D eigenvalue weighted by Gasteiger charge is -2.13. The molecule has 6 nitrogen and oxygen atoms in total. The highest BCUT2D eigenvalue weighted by atomic mass is 16.5. The highest BCUT2D eigenvalue weighted by Crippen LogP contribution is 2.34. The molecule has 0 atom stereocenters. The maximum Gasteiger partial charge on any atom is 0.250 e. The molecule has 100 valence electrons. The molecule has 0 aliphatic heterocycles. The Balaban J connectivity index is 2.85. The molecule has 0 aliphatic rings. The molecule has 18 heavy (non-hydrogen) atoms. The van der Waals surface area contributed by atoms with Gasteiger partial charge in [0.25, 0.3) is 0 Å². The molecule has 0 saturated carbocycles. The predicted octanol–water partition coefficient (Wildman–Crippen LogP) is 1.26. The van der Waals surface area contributed by atoms with Crippen molar-refractivity contribution >= 4 is 17.3 Å². The summed E-state index contributed by atoms with van der Waals surface area (Å²) in [4.78, 5) is 11.5. The zero-order chi connectivity index (χ0) is 13.5. The smallest absolute Gasteiger partial charge is 0.250 e. The van der Waals surface area contributed by atoms with E-state index in [1.165, 1.54) is 14.2 Å². The summed E-state index contributed by atoms with van der Waals surface area (Å²) in [6.45, 7) is 2.29. The van der Waals surface area contributed by atoms with Crippen LogP contribution in [0.5, 0.6) is 11.5 Å². The Labute approximate surface area is 106 Å². The molecule has 3 N–H and O–H groups in total. The van der Waals surface area contributed by atoms with Crippen molar-refractivity contribution in [2.45, 2.75) is 6.92 Å². The van der Waals surface area contributed by atoms with E-state index >= 15 is 0 Å². The molecule has 1 rings (SSSR count). The van der Waals surface area contributed by atoms with Crippen molar-refractivity contribution in [3.05, 3.63) is 12.1 Å². The van der Waals surface area contributed by atoms with Crippen LogP contribution in [0.25, 0.3) is 0 Å². The Hall–Kier alpha value is -1.95. The number of amides is 1. The first-order chi connectivity index (χ1) is 8.62. The first-order valence-corrected chi connectivity index (χ1v) is 5.51. The maximum atomic E-state index is 11.5. The number of ether oxygens (including phenoxy) is 3. The van der Waals surface area contributed by atoms with E-state index in [0.717, 1.165) is 0 Å². The van der Waals surface area contributed by atoms with Gasteiger partial charge in [0.05, 0.1) is 25.6 Å². The second-order valence-electron chi connectivity index (χ2n) is 3.48.